The van der Waals surface area contributed by atoms with Gasteiger partial charge in [-0.05, 0) is 24.3 Å². The van der Waals surface area contributed by atoms with E-state index in [9.17, 15) is 9.59 Å². The van der Waals surface area contributed by atoms with E-state index in [1.165, 1.54) is 12.1 Å². The first kappa shape index (κ1) is 14.6. The molecule has 0 saturated heterocycles. The zero-order chi connectivity index (χ0) is 16.6. The van der Waals surface area contributed by atoms with Crippen LogP contribution in [0.1, 0.15) is 10.4 Å². The molecule has 118 valence electrons. The van der Waals surface area contributed by atoms with E-state index in [1.54, 1.807) is 24.1 Å². The smallest absolute Gasteiger partial charge is 0.335 e. The van der Waals surface area contributed by atoms with E-state index in [4.69, 9.17) is 10.8 Å². The third-order valence-electron chi connectivity index (χ3n) is 3.46. The number of hydrogen-bond donors (Lipinski definition) is 4. The zero-order valence-corrected chi connectivity index (χ0v) is 12.2. The maximum atomic E-state index is 11.9. The van der Waals surface area contributed by atoms with E-state index < -0.39 is 11.5 Å². The average Bonchev–Trinajstić information content (AvgIpc) is 2.54. The second kappa shape index (κ2) is 5.44. The highest BCUT2D eigenvalue weighted by Gasteiger charge is 2.19. The molecule has 9 heteroatoms. The van der Waals surface area contributed by atoms with Gasteiger partial charge in [-0.1, -0.05) is 0 Å². The summed E-state index contributed by atoms with van der Waals surface area (Å²) in [6.45, 7) is 0.361. The molecular weight excluding hydrogens is 300 g/mol. The first-order chi connectivity index (χ1) is 11.0. The van der Waals surface area contributed by atoms with Crippen LogP contribution < -0.4 is 21.5 Å². The van der Waals surface area contributed by atoms with Crippen molar-refractivity contribution in [1.82, 2.24) is 9.97 Å². The second-order valence-corrected chi connectivity index (χ2v) is 4.94. The Morgan fingerprint density at radius 3 is 2.70 bits per heavy atom. The first-order valence-electron chi connectivity index (χ1n) is 6.74. The van der Waals surface area contributed by atoms with Gasteiger partial charge in [0.2, 0.25) is 5.95 Å². The number of carboxylic acids is 1. The van der Waals surface area contributed by atoms with Crippen LogP contribution in [0.4, 0.5) is 23.1 Å². The summed E-state index contributed by atoms with van der Waals surface area (Å²) in [6.07, 6.45) is 0. The van der Waals surface area contributed by atoms with E-state index in [0.29, 0.717) is 18.2 Å². The lowest BCUT2D eigenvalue weighted by molar-refractivity contribution is 0.0697. The number of aliphatic imine (C=N–C) groups is 1. The van der Waals surface area contributed by atoms with E-state index >= 15 is 0 Å². The van der Waals surface area contributed by atoms with Gasteiger partial charge in [-0.15, -0.1) is 0 Å². The Morgan fingerprint density at radius 1 is 1.35 bits per heavy atom. The van der Waals surface area contributed by atoms with Gasteiger partial charge in [0.15, 0.2) is 11.5 Å². The number of aromatic amines is 1. The minimum absolute atomic E-state index is 0.0255. The molecule has 2 heterocycles. The van der Waals surface area contributed by atoms with Gasteiger partial charge in [0, 0.05) is 12.7 Å². The van der Waals surface area contributed by atoms with Gasteiger partial charge in [-0.3, -0.25) is 9.78 Å². The number of nitrogens with two attached hydrogens (primary N) is 1. The number of hydrogen-bond acceptors (Lipinski definition) is 7. The third-order valence-corrected chi connectivity index (χ3v) is 3.46. The van der Waals surface area contributed by atoms with Crippen LogP contribution in [0.25, 0.3) is 0 Å². The number of aromatic carboxylic acids is 1. The van der Waals surface area contributed by atoms with Gasteiger partial charge in [0.25, 0.3) is 5.56 Å². The minimum atomic E-state index is -0.986. The van der Waals surface area contributed by atoms with Crippen LogP contribution in [-0.2, 0) is 0 Å². The molecule has 0 atom stereocenters. The number of H-pyrrole nitrogens is 1. The van der Waals surface area contributed by atoms with E-state index in [2.05, 4.69) is 20.3 Å². The molecule has 0 radical (unpaired) electrons. The monoisotopic (exact) mass is 314 g/mol. The highest BCUT2D eigenvalue weighted by molar-refractivity contribution is 6.04. The van der Waals surface area contributed by atoms with Crippen molar-refractivity contribution in [3.05, 3.63) is 40.2 Å². The second-order valence-electron chi connectivity index (χ2n) is 4.94. The quantitative estimate of drug-likeness (QED) is 0.638. The fourth-order valence-electron chi connectivity index (χ4n) is 2.21. The molecule has 0 amide bonds. The Morgan fingerprint density at radius 2 is 2.04 bits per heavy atom. The number of nitrogen functional groups attached to an aromatic ring is 1. The standard InChI is InChI=1S/C14H14N6O3/c1-20(8-4-2-7(3-5-8)13(22)23)9-6-16-11-10(17-9)12(21)19-14(15)18-11/h2-5H,6H2,1H3,(H,22,23)(H4,15,16,18,19,21). The largest absolute Gasteiger partial charge is 0.478 e. The number of likely N-dealkylation sites (N-methyl/N-ethyl adjacent to an activating group) is 1. The van der Waals surface area contributed by atoms with Crippen molar-refractivity contribution in [2.45, 2.75) is 0 Å². The Labute approximate surface area is 130 Å². The number of benzene rings is 1. The van der Waals surface area contributed by atoms with Crippen LogP contribution in [0.3, 0.4) is 0 Å². The molecule has 0 spiro atoms. The number of fused-ring (bicyclic) bond motifs is 1. The van der Waals surface area contributed by atoms with E-state index in [1.807, 2.05) is 0 Å². The summed E-state index contributed by atoms with van der Waals surface area (Å²) in [4.78, 5) is 35.3. The molecule has 2 aromatic rings. The molecule has 3 rings (SSSR count). The summed E-state index contributed by atoms with van der Waals surface area (Å²) in [5, 5.41) is 11.9. The number of anilines is 3. The van der Waals surface area contributed by atoms with Crippen molar-refractivity contribution in [2.24, 2.45) is 4.99 Å². The molecule has 0 unspecified atom stereocenters. The van der Waals surface area contributed by atoms with Crippen LogP contribution in [0.5, 0.6) is 0 Å². The van der Waals surface area contributed by atoms with Crippen LogP contribution in [0.15, 0.2) is 34.1 Å². The van der Waals surface area contributed by atoms with Crippen molar-refractivity contribution in [1.29, 1.82) is 0 Å². The summed E-state index contributed by atoms with van der Waals surface area (Å²) in [6, 6.07) is 6.36. The van der Waals surface area contributed by atoms with Crippen LogP contribution in [0, 0.1) is 0 Å². The molecule has 0 aliphatic carbocycles. The lowest BCUT2D eigenvalue weighted by Gasteiger charge is -2.25. The van der Waals surface area contributed by atoms with E-state index in [0.717, 1.165) is 5.69 Å². The predicted molar refractivity (Wildman–Crippen MR) is 86.7 cm³/mol. The van der Waals surface area contributed by atoms with Gasteiger partial charge < -0.3 is 21.1 Å². The Balaban J connectivity index is 1.94. The zero-order valence-electron chi connectivity index (χ0n) is 12.2. The van der Waals surface area contributed by atoms with Crippen LogP contribution in [-0.4, -0.2) is 40.5 Å². The normalized spacial score (nSPS) is 12.8. The van der Waals surface area contributed by atoms with Crippen LogP contribution >= 0.6 is 0 Å². The summed E-state index contributed by atoms with van der Waals surface area (Å²) >= 11 is 0. The van der Waals surface area contributed by atoms with Gasteiger partial charge in [-0.25, -0.2) is 9.79 Å². The van der Waals surface area contributed by atoms with Crippen molar-refractivity contribution >= 4 is 34.9 Å². The SMILES string of the molecule is CN(C1=Nc2c(nc(N)[nH]c2=O)NC1)c1ccc(C(=O)O)cc1. The third kappa shape index (κ3) is 2.71. The maximum Gasteiger partial charge on any atom is 0.335 e. The highest BCUT2D eigenvalue weighted by atomic mass is 16.4. The predicted octanol–water partition coefficient (Wildman–Crippen LogP) is 0.642. The number of aromatic nitrogens is 2. The summed E-state index contributed by atoms with van der Waals surface area (Å²) in [5.74, 6) is -0.0280. The Hall–Kier alpha value is -3.36. The number of carboxylic acid groups (broad SMARTS) is 1. The average molecular weight is 314 g/mol. The number of rotatable bonds is 2. The topological polar surface area (TPSA) is 137 Å². The molecular formula is C14H14N6O3. The van der Waals surface area contributed by atoms with Crippen molar-refractivity contribution < 1.29 is 9.90 Å². The molecule has 1 aromatic heterocycles. The van der Waals surface area contributed by atoms with Gasteiger partial charge in [0.1, 0.15) is 5.84 Å². The number of nitrogens with zero attached hydrogens (tertiary/aromatic N) is 3. The van der Waals surface area contributed by atoms with Crippen LogP contribution in [0.2, 0.25) is 0 Å². The minimum Gasteiger partial charge on any atom is -0.478 e. The molecule has 1 aliphatic heterocycles. The fourth-order valence-corrected chi connectivity index (χ4v) is 2.21. The lowest BCUT2D eigenvalue weighted by atomic mass is 10.2. The van der Waals surface area contributed by atoms with Crippen molar-refractivity contribution in [3.63, 3.8) is 0 Å². The number of amidine groups is 1. The summed E-state index contributed by atoms with van der Waals surface area (Å²) in [5.41, 5.74) is 6.18. The highest BCUT2D eigenvalue weighted by Crippen LogP contribution is 2.24. The first-order valence-corrected chi connectivity index (χ1v) is 6.74. The molecule has 9 nitrogen and oxygen atoms in total. The molecule has 1 aliphatic rings. The van der Waals surface area contributed by atoms with Gasteiger partial charge >= 0.3 is 5.97 Å². The Kier molecular flexibility index (Phi) is 3.45. The molecule has 0 bridgehead atoms. The lowest BCUT2D eigenvalue weighted by Crippen LogP contribution is -2.35. The van der Waals surface area contributed by atoms with Gasteiger partial charge in [0.05, 0.1) is 12.1 Å². The van der Waals surface area contributed by atoms with E-state index in [-0.39, 0.29) is 17.2 Å². The molecule has 0 fully saturated rings. The fraction of sp³-hybridized carbons (Fsp3) is 0.143. The van der Waals surface area contributed by atoms with Gasteiger partial charge in [-0.2, -0.15) is 4.98 Å². The molecule has 1 aromatic carbocycles. The summed E-state index contributed by atoms with van der Waals surface area (Å²) < 4.78 is 0. The van der Waals surface area contributed by atoms with Crippen molar-refractivity contribution in [3.8, 4) is 0 Å². The number of nitrogens with one attached hydrogen (secondary N) is 2. The maximum absolute atomic E-state index is 11.9. The molecule has 23 heavy (non-hydrogen) atoms. The number of carbonyl (C=O) groups is 1. The Bertz CT molecular complexity index is 856. The van der Waals surface area contributed by atoms with Crippen molar-refractivity contribution in [2.75, 3.05) is 29.5 Å². The molecule has 5 N–H and O–H groups in total. The molecule has 0 saturated carbocycles. The summed E-state index contributed by atoms with van der Waals surface area (Å²) in [7, 11) is 1.78.